The summed E-state index contributed by atoms with van der Waals surface area (Å²) in [4.78, 5) is 9.05. The van der Waals surface area contributed by atoms with Gasteiger partial charge in [0, 0.05) is 24.1 Å². The predicted molar refractivity (Wildman–Crippen MR) is 67.8 cm³/mol. The summed E-state index contributed by atoms with van der Waals surface area (Å²) in [6.07, 6.45) is 4.75. The molecule has 0 unspecified atom stereocenters. The summed E-state index contributed by atoms with van der Waals surface area (Å²) in [5.74, 6) is 1.26. The molecule has 0 aliphatic carbocycles. The Morgan fingerprint density at radius 3 is 3.12 bits per heavy atom. The largest absolute Gasteiger partial charge is 0.381 e. The summed E-state index contributed by atoms with van der Waals surface area (Å²) < 4.78 is 5.37. The number of ether oxygens (including phenoxy) is 1. The van der Waals surface area contributed by atoms with Crippen LogP contribution in [0.1, 0.15) is 23.7 Å². The number of benzene rings is 1. The maximum atomic E-state index is 5.37. The van der Waals surface area contributed by atoms with E-state index in [9.17, 15) is 0 Å². The van der Waals surface area contributed by atoms with Crippen molar-refractivity contribution in [2.75, 3.05) is 13.2 Å². The Hall–Kier alpha value is -1.74. The van der Waals surface area contributed by atoms with Crippen molar-refractivity contribution in [3.63, 3.8) is 0 Å². The van der Waals surface area contributed by atoms with Crippen LogP contribution in [0.15, 0.2) is 31.0 Å². The van der Waals surface area contributed by atoms with E-state index in [0.717, 1.165) is 41.9 Å². The highest BCUT2D eigenvalue weighted by atomic mass is 16.5. The van der Waals surface area contributed by atoms with E-state index in [2.05, 4.69) is 22.6 Å². The van der Waals surface area contributed by atoms with Crippen molar-refractivity contribution in [1.29, 1.82) is 0 Å². The van der Waals surface area contributed by atoms with Gasteiger partial charge in [0.2, 0.25) is 0 Å². The maximum Gasteiger partial charge on any atom is 0.134 e. The van der Waals surface area contributed by atoms with Crippen molar-refractivity contribution in [3.8, 4) is 0 Å². The van der Waals surface area contributed by atoms with Crippen LogP contribution in [0.4, 0.5) is 0 Å². The highest BCUT2D eigenvalue weighted by Gasteiger charge is 2.20. The first-order valence-corrected chi connectivity index (χ1v) is 5.84. The van der Waals surface area contributed by atoms with Crippen LogP contribution < -0.4 is 0 Å². The first kappa shape index (κ1) is 10.4. The third kappa shape index (κ3) is 1.94. The molecule has 1 fully saturated rings. The fraction of sp³-hybridized carbons (Fsp3) is 0.286. The Morgan fingerprint density at radius 1 is 1.41 bits per heavy atom. The second-order valence-corrected chi connectivity index (χ2v) is 4.31. The molecule has 17 heavy (non-hydrogen) atoms. The molecule has 0 amide bonds. The first-order valence-electron chi connectivity index (χ1n) is 5.84. The van der Waals surface area contributed by atoms with E-state index in [1.54, 1.807) is 0 Å². The summed E-state index contributed by atoms with van der Waals surface area (Å²) in [5.41, 5.74) is 2.09. The van der Waals surface area contributed by atoms with Gasteiger partial charge < -0.3 is 4.74 Å². The lowest BCUT2D eigenvalue weighted by Gasteiger charge is -2.07. The number of fused-ring (bicyclic) bond motifs is 1. The molecular formula is C14H14N2O. The predicted octanol–water partition coefficient (Wildman–Crippen LogP) is 2.78. The smallest absolute Gasteiger partial charge is 0.134 e. The minimum Gasteiger partial charge on any atom is -0.381 e. The lowest BCUT2D eigenvalue weighted by Crippen LogP contribution is -2.03. The molecule has 3 nitrogen and oxygen atoms in total. The van der Waals surface area contributed by atoms with Gasteiger partial charge in [0.1, 0.15) is 5.82 Å². The van der Waals surface area contributed by atoms with E-state index in [4.69, 9.17) is 4.74 Å². The molecule has 1 aliphatic heterocycles. The second-order valence-electron chi connectivity index (χ2n) is 4.31. The average Bonchev–Trinajstić information content (AvgIpc) is 2.91. The second kappa shape index (κ2) is 4.26. The molecular weight excluding hydrogens is 212 g/mol. The van der Waals surface area contributed by atoms with E-state index in [-0.39, 0.29) is 0 Å². The van der Waals surface area contributed by atoms with E-state index >= 15 is 0 Å². The van der Waals surface area contributed by atoms with Gasteiger partial charge in [0.05, 0.1) is 12.1 Å². The van der Waals surface area contributed by atoms with Crippen molar-refractivity contribution in [2.45, 2.75) is 12.3 Å². The summed E-state index contributed by atoms with van der Waals surface area (Å²) >= 11 is 0. The average molecular weight is 226 g/mol. The normalized spacial score (nSPS) is 19.6. The molecule has 1 aromatic carbocycles. The van der Waals surface area contributed by atoms with E-state index < -0.39 is 0 Å². The maximum absolute atomic E-state index is 5.37. The molecule has 0 N–H and O–H groups in total. The molecule has 0 bridgehead atoms. The zero-order chi connectivity index (χ0) is 11.7. The lowest BCUT2D eigenvalue weighted by molar-refractivity contribution is 0.193. The topological polar surface area (TPSA) is 35.0 Å². The van der Waals surface area contributed by atoms with Crippen LogP contribution in [0.2, 0.25) is 0 Å². The van der Waals surface area contributed by atoms with E-state index in [1.165, 1.54) is 0 Å². The van der Waals surface area contributed by atoms with Gasteiger partial charge in [-0.15, -0.1) is 0 Å². The SMILES string of the molecule is C=Cc1ccc2nc([C@@H]3CCOC3)ncc2c1. The van der Waals surface area contributed by atoms with Gasteiger partial charge in [-0.2, -0.15) is 0 Å². The molecule has 1 aromatic heterocycles. The van der Waals surface area contributed by atoms with Gasteiger partial charge in [-0.1, -0.05) is 18.7 Å². The molecule has 3 heteroatoms. The fourth-order valence-electron chi connectivity index (χ4n) is 2.13. The van der Waals surface area contributed by atoms with Crippen molar-refractivity contribution < 1.29 is 4.74 Å². The van der Waals surface area contributed by atoms with Crippen molar-refractivity contribution in [1.82, 2.24) is 9.97 Å². The molecule has 0 saturated carbocycles. The molecule has 1 atom stereocenters. The first-order chi connectivity index (χ1) is 8.36. The Morgan fingerprint density at radius 2 is 2.35 bits per heavy atom. The highest BCUT2D eigenvalue weighted by Crippen LogP contribution is 2.23. The Labute approximate surface area is 100 Å². The fourth-order valence-corrected chi connectivity index (χ4v) is 2.13. The zero-order valence-corrected chi connectivity index (χ0v) is 9.60. The van der Waals surface area contributed by atoms with Crippen LogP contribution in [0.25, 0.3) is 17.0 Å². The molecule has 3 rings (SSSR count). The van der Waals surface area contributed by atoms with Crippen LogP contribution in [0.5, 0.6) is 0 Å². The number of hydrogen-bond donors (Lipinski definition) is 0. The van der Waals surface area contributed by atoms with Crippen LogP contribution in [-0.2, 0) is 4.74 Å². The van der Waals surface area contributed by atoms with Crippen molar-refractivity contribution in [3.05, 3.63) is 42.4 Å². The van der Waals surface area contributed by atoms with Gasteiger partial charge in [0.25, 0.3) is 0 Å². The Balaban J connectivity index is 2.03. The van der Waals surface area contributed by atoms with E-state index in [0.29, 0.717) is 5.92 Å². The van der Waals surface area contributed by atoms with E-state index in [1.807, 2.05) is 24.4 Å². The summed E-state index contributed by atoms with van der Waals surface area (Å²) in [5, 5.41) is 1.06. The van der Waals surface area contributed by atoms with Crippen molar-refractivity contribution >= 4 is 17.0 Å². The van der Waals surface area contributed by atoms with Crippen molar-refractivity contribution in [2.24, 2.45) is 0 Å². The van der Waals surface area contributed by atoms with Crippen LogP contribution in [0, 0.1) is 0 Å². The third-order valence-electron chi connectivity index (χ3n) is 3.15. The summed E-state index contributed by atoms with van der Waals surface area (Å²) in [7, 11) is 0. The lowest BCUT2D eigenvalue weighted by atomic mass is 10.1. The molecule has 1 aliphatic rings. The standard InChI is InChI=1S/C14H14N2O/c1-2-10-3-4-13-12(7-10)8-15-14(16-13)11-5-6-17-9-11/h2-4,7-8,11H,1,5-6,9H2/t11-/m1/s1. The molecule has 1 saturated heterocycles. The van der Waals surface area contributed by atoms with Gasteiger partial charge in [-0.25, -0.2) is 9.97 Å². The Bertz CT molecular complexity index is 559. The van der Waals surface area contributed by atoms with Crippen LogP contribution in [-0.4, -0.2) is 23.2 Å². The number of nitrogens with zero attached hydrogens (tertiary/aromatic N) is 2. The summed E-state index contributed by atoms with van der Waals surface area (Å²) in [6.45, 7) is 5.33. The highest BCUT2D eigenvalue weighted by molar-refractivity contribution is 5.80. The van der Waals surface area contributed by atoms with Gasteiger partial charge in [-0.05, 0) is 24.1 Å². The Kier molecular flexibility index (Phi) is 2.61. The number of rotatable bonds is 2. The van der Waals surface area contributed by atoms with Gasteiger partial charge in [-0.3, -0.25) is 0 Å². The molecule has 2 heterocycles. The zero-order valence-electron chi connectivity index (χ0n) is 9.60. The van der Waals surface area contributed by atoms with Crippen LogP contribution >= 0.6 is 0 Å². The monoisotopic (exact) mass is 226 g/mol. The minimum atomic E-state index is 0.360. The van der Waals surface area contributed by atoms with Crippen LogP contribution in [0.3, 0.4) is 0 Å². The van der Waals surface area contributed by atoms with Gasteiger partial charge in [0.15, 0.2) is 0 Å². The molecule has 0 radical (unpaired) electrons. The number of hydrogen-bond acceptors (Lipinski definition) is 3. The quantitative estimate of drug-likeness (QED) is 0.789. The minimum absolute atomic E-state index is 0.360. The van der Waals surface area contributed by atoms with Gasteiger partial charge >= 0.3 is 0 Å². The third-order valence-corrected chi connectivity index (χ3v) is 3.15. The summed E-state index contributed by atoms with van der Waals surface area (Å²) in [6, 6.07) is 6.10. The number of aromatic nitrogens is 2. The molecule has 2 aromatic rings. The molecule has 86 valence electrons. The molecule has 0 spiro atoms.